The second kappa shape index (κ2) is 7.74. The minimum atomic E-state index is -0.0749. The zero-order chi connectivity index (χ0) is 22.6. The minimum Gasteiger partial charge on any atom is -0.380 e. The summed E-state index contributed by atoms with van der Waals surface area (Å²) in [7, 11) is 1.89. The Labute approximate surface area is 191 Å². The van der Waals surface area contributed by atoms with E-state index in [0.29, 0.717) is 17.3 Å². The molecule has 1 spiro atoms. The van der Waals surface area contributed by atoms with Crippen molar-refractivity contribution in [2.24, 2.45) is 18.4 Å². The smallest absolute Gasteiger partial charge is 0.229 e. The molecule has 32 heavy (non-hydrogen) atoms. The SMILES string of the molecule is CC(=N)/C(C)=C1\C(=N)Sc2c1nn(C)c2NCC1=CCC(C(=O)N2CC3(COC3)C2)C=C1. The Morgan fingerprint density at radius 2 is 2.12 bits per heavy atom. The number of carbonyl (C=O) groups excluding carboxylic acids is 1. The highest BCUT2D eigenvalue weighted by Crippen LogP contribution is 2.45. The third kappa shape index (κ3) is 3.44. The van der Waals surface area contributed by atoms with Crippen molar-refractivity contribution in [3.05, 3.63) is 35.1 Å². The summed E-state index contributed by atoms with van der Waals surface area (Å²) in [5, 5.41) is 24.8. The molecule has 4 heterocycles. The van der Waals surface area contributed by atoms with Crippen LogP contribution in [0.1, 0.15) is 26.0 Å². The maximum absolute atomic E-state index is 12.7. The molecule has 0 saturated carbocycles. The molecule has 1 aromatic heterocycles. The van der Waals surface area contributed by atoms with Gasteiger partial charge in [0.2, 0.25) is 5.91 Å². The number of aryl methyl sites for hydroxylation is 1. The summed E-state index contributed by atoms with van der Waals surface area (Å²) in [5.74, 6) is 1.02. The highest BCUT2D eigenvalue weighted by atomic mass is 32.2. The predicted molar refractivity (Wildman–Crippen MR) is 126 cm³/mol. The van der Waals surface area contributed by atoms with Gasteiger partial charge in [0.1, 0.15) is 16.6 Å². The van der Waals surface area contributed by atoms with Crippen LogP contribution in [0.25, 0.3) is 5.57 Å². The molecule has 1 amide bonds. The second-order valence-electron chi connectivity index (χ2n) is 9.23. The number of nitrogens with zero attached hydrogens (tertiary/aromatic N) is 3. The van der Waals surface area contributed by atoms with E-state index in [0.717, 1.165) is 65.9 Å². The first kappa shape index (κ1) is 21.2. The molecule has 0 aromatic carbocycles. The third-order valence-corrected chi connectivity index (χ3v) is 7.74. The van der Waals surface area contributed by atoms with E-state index in [4.69, 9.17) is 15.6 Å². The summed E-state index contributed by atoms with van der Waals surface area (Å²) in [6.45, 7) is 7.49. The fourth-order valence-corrected chi connectivity index (χ4v) is 5.74. The Morgan fingerprint density at radius 1 is 1.38 bits per heavy atom. The number of carbonyl (C=O) groups is 1. The van der Waals surface area contributed by atoms with Crippen molar-refractivity contribution < 1.29 is 9.53 Å². The lowest BCUT2D eigenvalue weighted by molar-refractivity contribution is -0.196. The standard InChI is InChI=1S/C23H28N6O2S/c1-13(14(2)24)17-18-19(32-20(17)25)21(28(3)27-18)26-8-15-4-6-16(7-5-15)22(30)29-9-23(10-29)11-31-12-23/h4-6,16,24-26H,7-12H2,1-3H3/b17-13-,24-14?,25-20?. The molecule has 5 rings (SSSR count). The van der Waals surface area contributed by atoms with Gasteiger partial charge < -0.3 is 20.4 Å². The summed E-state index contributed by atoms with van der Waals surface area (Å²) in [5.41, 5.74) is 4.16. The van der Waals surface area contributed by atoms with Gasteiger partial charge in [-0.1, -0.05) is 30.0 Å². The topological polar surface area (TPSA) is 107 Å². The molecule has 1 unspecified atom stereocenters. The number of hydrogen-bond acceptors (Lipinski definition) is 7. The van der Waals surface area contributed by atoms with Crippen LogP contribution in [0.2, 0.25) is 0 Å². The molecule has 1 aromatic rings. The van der Waals surface area contributed by atoms with E-state index < -0.39 is 0 Å². The van der Waals surface area contributed by atoms with Crippen LogP contribution in [0.4, 0.5) is 5.82 Å². The number of fused-ring (bicyclic) bond motifs is 1. The zero-order valence-corrected chi connectivity index (χ0v) is 19.4. The normalized spacial score (nSPS) is 24.6. The van der Waals surface area contributed by atoms with Crippen LogP contribution >= 0.6 is 11.8 Å². The predicted octanol–water partition coefficient (Wildman–Crippen LogP) is 3.09. The maximum Gasteiger partial charge on any atom is 0.229 e. The lowest BCUT2D eigenvalue weighted by atomic mass is 9.77. The van der Waals surface area contributed by atoms with Gasteiger partial charge in [0, 0.05) is 38.0 Å². The summed E-state index contributed by atoms with van der Waals surface area (Å²) in [6.07, 6.45) is 6.93. The number of aromatic nitrogens is 2. The van der Waals surface area contributed by atoms with Crippen LogP contribution < -0.4 is 5.32 Å². The summed E-state index contributed by atoms with van der Waals surface area (Å²) >= 11 is 1.39. The molecular weight excluding hydrogens is 424 g/mol. The van der Waals surface area contributed by atoms with Crippen LogP contribution in [-0.4, -0.2) is 64.2 Å². The molecule has 3 aliphatic heterocycles. The van der Waals surface area contributed by atoms with E-state index >= 15 is 0 Å². The summed E-state index contributed by atoms with van der Waals surface area (Å²) in [4.78, 5) is 15.6. The summed E-state index contributed by atoms with van der Waals surface area (Å²) < 4.78 is 7.10. The highest BCUT2D eigenvalue weighted by Gasteiger charge is 2.51. The van der Waals surface area contributed by atoms with Gasteiger partial charge in [-0.25, -0.2) is 0 Å². The van der Waals surface area contributed by atoms with Crippen LogP contribution in [0.15, 0.2) is 34.3 Å². The molecule has 2 fully saturated rings. The number of hydrogen-bond donors (Lipinski definition) is 3. The van der Waals surface area contributed by atoms with Crippen molar-refractivity contribution in [3.8, 4) is 0 Å². The van der Waals surface area contributed by atoms with Gasteiger partial charge in [-0.15, -0.1) is 0 Å². The van der Waals surface area contributed by atoms with Crippen LogP contribution in [0.3, 0.4) is 0 Å². The Morgan fingerprint density at radius 3 is 2.72 bits per heavy atom. The number of thioether (sulfide) groups is 1. The monoisotopic (exact) mass is 452 g/mol. The van der Waals surface area contributed by atoms with E-state index in [2.05, 4.69) is 16.5 Å². The number of nitrogens with one attached hydrogen (secondary N) is 3. The van der Waals surface area contributed by atoms with Crippen molar-refractivity contribution in [3.63, 3.8) is 0 Å². The van der Waals surface area contributed by atoms with Gasteiger partial charge >= 0.3 is 0 Å². The first-order valence-corrected chi connectivity index (χ1v) is 11.7. The van der Waals surface area contributed by atoms with Gasteiger partial charge in [-0.3, -0.25) is 14.9 Å². The molecule has 0 bridgehead atoms. The maximum atomic E-state index is 12.7. The number of likely N-dealkylation sites (tertiary alicyclic amines) is 1. The zero-order valence-electron chi connectivity index (χ0n) is 18.6. The Hall–Kier alpha value is -2.65. The van der Waals surface area contributed by atoms with Crippen molar-refractivity contribution in [2.75, 3.05) is 38.2 Å². The van der Waals surface area contributed by atoms with Gasteiger partial charge in [-0.05, 0) is 31.4 Å². The lowest BCUT2D eigenvalue weighted by Gasteiger charge is -2.55. The molecule has 8 nitrogen and oxygen atoms in total. The number of ether oxygens (including phenoxy) is 1. The average Bonchev–Trinajstić information content (AvgIpc) is 3.16. The van der Waals surface area contributed by atoms with E-state index in [1.807, 2.05) is 31.0 Å². The fraction of sp³-hybridized carbons (Fsp3) is 0.478. The Kier molecular flexibility index (Phi) is 5.13. The largest absolute Gasteiger partial charge is 0.380 e. The first-order valence-electron chi connectivity index (χ1n) is 10.9. The van der Waals surface area contributed by atoms with Crippen LogP contribution in [0, 0.1) is 22.2 Å². The third-order valence-electron chi connectivity index (χ3n) is 6.74. The molecule has 9 heteroatoms. The first-order chi connectivity index (χ1) is 15.3. The molecular formula is C23H28N6O2S. The quantitative estimate of drug-likeness (QED) is 0.595. The van der Waals surface area contributed by atoms with Gasteiger partial charge in [0.15, 0.2) is 0 Å². The Bertz CT molecular complexity index is 1120. The summed E-state index contributed by atoms with van der Waals surface area (Å²) in [6, 6.07) is 0. The highest BCUT2D eigenvalue weighted by molar-refractivity contribution is 8.15. The van der Waals surface area contributed by atoms with E-state index in [9.17, 15) is 4.79 Å². The van der Waals surface area contributed by atoms with E-state index in [1.165, 1.54) is 11.8 Å². The molecule has 3 N–H and O–H groups in total. The molecule has 4 aliphatic rings. The fourth-order valence-electron chi connectivity index (χ4n) is 4.65. The lowest BCUT2D eigenvalue weighted by Crippen LogP contribution is -2.67. The van der Waals surface area contributed by atoms with E-state index in [1.54, 1.807) is 11.6 Å². The van der Waals surface area contributed by atoms with Crippen molar-refractivity contribution in [1.29, 1.82) is 10.8 Å². The number of amides is 1. The van der Waals surface area contributed by atoms with Crippen molar-refractivity contribution in [2.45, 2.75) is 25.2 Å². The van der Waals surface area contributed by atoms with Gasteiger partial charge in [0.05, 0.1) is 29.4 Å². The number of allylic oxidation sites excluding steroid dienone is 2. The molecule has 2 saturated heterocycles. The number of anilines is 1. The van der Waals surface area contributed by atoms with Gasteiger partial charge in [-0.2, -0.15) is 5.10 Å². The Balaban J connectivity index is 1.21. The van der Waals surface area contributed by atoms with E-state index in [-0.39, 0.29) is 17.2 Å². The van der Waals surface area contributed by atoms with Gasteiger partial charge in [0.25, 0.3) is 0 Å². The van der Waals surface area contributed by atoms with Crippen molar-refractivity contribution in [1.82, 2.24) is 14.7 Å². The van der Waals surface area contributed by atoms with Crippen molar-refractivity contribution >= 4 is 39.8 Å². The second-order valence-corrected chi connectivity index (χ2v) is 10.2. The molecule has 168 valence electrons. The molecule has 1 atom stereocenters. The average molecular weight is 453 g/mol. The van der Waals surface area contributed by atoms with Crippen LogP contribution in [0.5, 0.6) is 0 Å². The molecule has 0 radical (unpaired) electrons. The minimum absolute atomic E-state index is 0.0749. The van der Waals surface area contributed by atoms with Crippen LogP contribution in [-0.2, 0) is 16.6 Å². The number of rotatable bonds is 5. The molecule has 1 aliphatic carbocycles.